The maximum atomic E-state index is 13.1. The van der Waals surface area contributed by atoms with Crippen molar-refractivity contribution < 1.29 is 14.3 Å². The van der Waals surface area contributed by atoms with Crippen LogP contribution >= 0.6 is 0 Å². The van der Waals surface area contributed by atoms with E-state index in [2.05, 4.69) is 23.1 Å². The van der Waals surface area contributed by atoms with Gasteiger partial charge in [0.05, 0.1) is 18.9 Å². The van der Waals surface area contributed by atoms with Crippen LogP contribution in [-0.4, -0.2) is 43.7 Å². The van der Waals surface area contributed by atoms with E-state index in [0.29, 0.717) is 19.1 Å². The number of amides is 1. The van der Waals surface area contributed by atoms with Crippen LogP contribution in [0.5, 0.6) is 0 Å². The molecule has 1 aromatic rings. The number of carbonyl (C=O) groups is 1. The highest BCUT2D eigenvalue weighted by Crippen LogP contribution is 2.47. The zero-order valence-electron chi connectivity index (χ0n) is 14.7. The minimum atomic E-state index is -1.18. The third kappa shape index (κ3) is 2.69. The lowest BCUT2D eigenvalue weighted by Crippen LogP contribution is -2.42. The fraction of sp³-hybridized carbons (Fsp3) is 0.650. The van der Waals surface area contributed by atoms with Gasteiger partial charge in [0.25, 0.3) is 11.7 Å². The van der Waals surface area contributed by atoms with Crippen molar-refractivity contribution in [3.05, 3.63) is 29.3 Å². The van der Waals surface area contributed by atoms with Gasteiger partial charge in [0, 0.05) is 18.7 Å². The molecule has 4 aliphatic rings. The van der Waals surface area contributed by atoms with Crippen molar-refractivity contribution in [2.45, 2.75) is 44.4 Å². The van der Waals surface area contributed by atoms with Gasteiger partial charge in [0.2, 0.25) is 0 Å². The van der Waals surface area contributed by atoms with Gasteiger partial charge in [-0.25, -0.2) is 0 Å². The highest BCUT2D eigenvalue weighted by Gasteiger charge is 2.56. The molecule has 3 heterocycles. The molecular weight excluding hydrogens is 316 g/mol. The van der Waals surface area contributed by atoms with E-state index < -0.39 is 5.79 Å². The number of likely N-dealkylation sites (tertiary alicyclic amines) is 1. The molecule has 5 rings (SSSR count). The minimum Gasteiger partial charge on any atom is -0.336 e. The maximum Gasteiger partial charge on any atom is 0.292 e. The molecule has 3 aliphatic heterocycles. The predicted octanol–water partition coefficient (Wildman–Crippen LogP) is 2.63. The lowest BCUT2D eigenvalue weighted by atomic mass is 10.0. The molecule has 0 unspecified atom stereocenters. The molecule has 25 heavy (non-hydrogen) atoms. The highest BCUT2D eigenvalue weighted by molar-refractivity contribution is 6.06. The SMILES string of the molecule is O=C1N(CC2CC2)c2ccc(CN3CCCCC3)cc2C12OCCO2. The highest BCUT2D eigenvalue weighted by atomic mass is 16.7. The molecule has 5 heteroatoms. The molecule has 3 fully saturated rings. The topological polar surface area (TPSA) is 42.0 Å². The van der Waals surface area contributed by atoms with E-state index in [4.69, 9.17) is 9.47 Å². The Balaban J connectivity index is 1.47. The summed E-state index contributed by atoms with van der Waals surface area (Å²) in [4.78, 5) is 17.5. The minimum absolute atomic E-state index is 0.0259. The maximum absolute atomic E-state index is 13.1. The van der Waals surface area contributed by atoms with E-state index in [1.807, 2.05) is 4.90 Å². The third-order valence-electron chi connectivity index (χ3n) is 5.92. The summed E-state index contributed by atoms with van der Waals surface area (Å²) in [5.74, 6) is -0.564. The molecule has 1 spiro atoms. The number of hydrogen-bond acceptors (Lipinski definition) is 4. The van der Waals surface area contributed by atoms with Crippen molar-refractivity contribution in [2.75, 3.05) is 37.7 Å². The molecule has 0 aromatic heterocycles. The fourth-order valence-corrected chi connectivity index (χ4v) is 4.39. The summed E-state index contributed by atoms with van der Waals surface area (Å²) in [6, 6.07) is 6.43. The standard InChI is InChI=1S/C20H26N2O3/c23-19-20(24-10-11-25-20)17-12-16(13-21-8-2-1-3-9-21)6-7-18(17)22(19)14-15-4-5-15/h6-7,12,15H,1-5,8-11,13-14H2. The average molecular weight is 342 g/mol. The van der Waals surface area contributed by atoms with E-state index >= 15 is 0 Å². The lowest BCUT2D eigenvalue weighted by molar-refractivity contribution is -0.180. The Bertz CT molecular complexity index is 674. The van der Waals surface area contributed by atoms with Crippen molar-refractivity contribution >= 4 is 11.6 Å². The summed E-state index contributed by atoms with van der Waals surface area (Å²) < 4.78 is 11.8. The van der Waals surface area contributed by atoms with Gasteiger partial charge < -0.3 is 14.4 Å². The molecule has 0 radical (unpaired) electrons. The Morgan fingerprint density at radius 2 is 1.84 bits per heavy atom. The molecule has 0 N–H and O–H groups in total. The molecule has 5 nitrogen and oxygen atoms in total. The van der Waals surface area contributed by atoms with E-state index in [1.165, 1.54) is 50.8 Å². The van der Waals surface area contributed by atoms with Gasteiger partial charge in [-0.15, -0.1) is 0 Å². The summed E-state index contributed by atoms with van der Waals surface area (Å²) in [6.07, 6.45) is 6.36. The molecule has 2 saturated heterocycles. The number of anilines is 1. The summed E-state index contributed by atoms with van der Waals surface area (Å²) >= 11 is 0. The second-order valence-corrected chi connectivity index (χ2v) is 7.86. The number of benzene rings is 1. The molecule has 0 bridgehead atoms. The molecule has 0 atom stereocenters. The van der Waals surface area contributed by atoms with Crippen LogP contribution in [0.3, 0.4) is 0 Å². The number of carbonyl (C=O) groups excluding carboxylic acids is 1. The monoisotopic (exact) mass is 342 g/mol. The Hall–Kier alpha value is -1.43. The molecular formula is C20H26N2O3. The third-order valence-corrected chi connectivity index (χ3v) is 5.92. The van der Waals surface area contributed by atoms with Crippen LogP contribution in [0.15, 0.2) is 18.2 Å². The van der Waals surface area contributed by atoms with Gasteiger partial charge >= 0.3 is 0 Å². The first-order valence-corrected chi connectivity index (χ1v) is 9.72. The van der Waals surface area contributed by atoms with Crippen molar-refractivity contribution in [1.29, 1.82) is 0 Å². The van der Waals surface area contributed by atoms with Gasteiger partial charge in [-0.1, -0.05) is 12.5 Å². The van der Waals surface area contributed by atoms with Crippen LogP contribution in [-0.2, 0) is 26.6 Å². The number of ether oxygens (including phenoxy) is 2. The normalized spacial score (nSPS) is 25.8. The van der Waals surface area contributed by atoms with E-state index in [-0.39, 0.29) is 5.91 Å². The first-order chi connectivity index (χ1) is 12.3. The summed E-state index contributed by atoms with van der Waals surface area (Å²) in [5.41, 5.74) is 3.16. The van der Waals surface area contributed by atoms with Crippen molar-refractivity contribution in [2.24, 2.45) is 5.92 Å². The quantitative estimate of drug-likeness (QED) is 0.844. The number of hydrogen-bond donors (Lipinski definition) is 0. The van der Waals surface area contributed by atoms with Crippen LogP contribution in [0, 0.1) is 5.92 Å². The zero-order chi connectivity index (χ0) is 16.9. The van der Waals surface area contributed by atoms with Gasteiger partial charge in [-0.05, 0) is 62.4 Å². The zero-order valence-corrected chi connectivity index (χ0v) is 14.7. The molecule has 1 amide bonds. The predicted molar refractivity (Wildman–Crippen MR) is 94.2 cm³/mol. The fourth-order valence-electron chi connectivity index (χ4n) is 4.39. The molecule has 1 saturated carbocycles. The number of nitrogens with zero attached hydrogens (tertiary/aromatic N) is 2. The first-order valence-electron chi connectivity index (χ1n) is 9.72. The number of piperidine rings is 1. The average Bonchev–Trinajstić information content (AvgIpc) is 3.27. The van der Waals surface area contributed by atoms with Crippen molar-refractivity contribution in [1.82, 2.24) is 4.90 Å². The summed E-state index contributed by atoms with van der Waals surface area (Å²) in [5, 5.41) is 0. The number of rotatable bonds is 4. The van der Waals surface area contributed by atoms with Crippen molar-refractivity contribution in [3.8, 4) is 0 Å². The van der Waals surface area contributed by atoms with Gasteiger partial charge in [-0.3, -0.25) is 9.69 Å². The summed E-state index contributed by atoms with van der Waals surface area (Å²) in [7, 11) is 0. The molecule has 134 valence electrons. The van der Waals surface area contributed by atoms with E-state index in [0.717, 1.165) is 24.3 Å². The van der Waals surface area contributed by atoms with Crippen LogP contribution in [0.2, 0.25) is 0 Å². The van der Waals surface area contributed by atoms with Crippen LogP contribution < -0.4 is 4.90 Å². The molecule has 1 aromatic carbocycles. The van der Waals surface area contributed by atoms with E-state index in [1.54, 1.807) is 0 Å². The Morgan fingerprint density at radius 1 is 1.08 bits per heavy atom. The smallest absolute Gasteiger partial charge is 0.292 e. The van der Waals surface area contributed by atoms with Crippen molar-refractivity contribution in [3.63, 3.8) is 0 Å². The largest absolute Gasteiger partial charge is 0.336 e. The second kappa shape index (κ2) is 6.08. The molecule has 1 aliphatic carbocycles. The van der Waals surface area contributed by atoms with Crippen LogP contribution in [0.1, 0.15) is 43.2 Å². The van der Waals surface area contributed by atoms with Crippen LogP contribution in [0.4, 0.5) is 5.69 Å². The lowest BCUT2D eigenvalue weighted by Gasteiger charge is -2.27. The summed E-state index contributed by atoms with van der Waals surface area (Å²) in [6.45, 7) is 5.05. The van der Waals surface area contributed by atoms with E-state index in [9.17, 15) is 4.79 Å². The van der Waals surface area contributed by atoms with Gasteiger partial charge in [-0.2, -0.15) is 0 Å². The van der Waals surface area contributed by atoms with Gasteiger partial charge in [0.1, 0.15) is 0 Å². The Labute approximate surface area is 148 Å². The van der Waals surface area contributed by atoms with Crippen LogP contribution in [0.25, 0.3) is 0 Å². The Morgan fingerprint density at radius 3 is 2.56 bits per heavy atom. The second-order valence-electron chi connectivity index (χ2n) is 7.86. The van der Waals surface area contributed by atoms with Gasteiger partial charge in [0.15, 0.2) is 0 Å². The first kappa shape index (κ1) is 15.8. The number of fused-ring (bicyclic) bond motifs is 2. The Kier molecular flexibility index (Phi) is 3.84.